The van der Waals surface area contributed by atoms with Crippen LogP contribution in [0.25, 0.3) is 0 Å². The van der Waals surface area contributed by atoms with Gasteiger partial charge in [0.25, 0.3) is 11.8 Å². The highest BCUT2D eigenvalue weighted by Crippen LogP contribution is 2.29. The Morgan fingerprint density at radius 3 is 2.27 bits per heavy atom. The van der Waals surface area contributed by atoms with E-state index in [-0.39, 0.29) is 17.7 Å². The van der Waals surface area contributed by atoms with E-state index in [0.29, 0.717) is 42.9 Å². The number of rotatable bonds is 5. The highest BCUT2D eigenvalue weighted by atomic mass is 16.2. The van der Waals surface area contributed by atoms with E-state index < -0.39 is 0 Å². The van der Waals surface area contributed by atoms with Crippen molar-refractivity contribution in [2.24, 2.45) is 4.99 Å². The first-order valence-electron chi connectivity index (χ1n) is 14.8. The van der Waals surface area contributed by atoms with E-state index in [1.807, 2.05) is 60.9 Å². The Kier molecular flexibility index (Phi) is 9.81. The van der Waals surface area contributed by atoms with Gasteiger partial charge < -0.3 is 25.3 Å². The van der Waals surface area contributed by atoms with Gasteiger partial charge in [-0.3, -0.25) is 19.4 Å². The smallest absolute Gasteiger partial charge is 0.256 e. The van der Waals surface area contributed by atoms with Crippen LogP contribution in [0.4, 0.5) is 5.69 Å². The van der Waals surface area contributed by atoms with Crippen LogP contribution in [0.3, 0.4) is 0 Å². The maximum absolute atomic E-state index is 13.7. The number of nitrogens with two attached hydrogens (primary N) is 1. The number of benzene rings is 2. The Hall–Kier alpha value is -3.72. The second-order valence-corrected chi connectivity index (χ2v) is 10.9. The molecule has 3 heterocycles. The zero-order valence-electron chi connectivity index (χ0n) is 25.2. The molecule has 0 atom stereocenters. The molecule has 0 unspecified atom stereocenters. The van der Waals surface area contributed by atoms with Gasteiger partial charge in [0.1, 0.15) is 0 Å². The van der Waals surface area contributed by atoms with Crippen molar-refractivity contribution in [1.82, 2.24) is 19.6 Å². The number of anilines is 1. The van der Waals surface area contributed by atoms with Gasteiger partial charge in [0.05, 0.1) is 17.8 Å². The topological polar surface area (TPSA) is 103 Å². The molecule has 2 fully saturated rings. The van der Waals surface area contributed by atoms with Crippen LogP contribution in [-0.2, 0) is 17.9 Å². The third kappa shape index (κ3) is 6.62. The van der Waals surface area contributed by atoms with Gasteiger partial charge in [-0.1, -0.05) is 19.9 Å². The van der Waals surface area contributed by atoms with Crippen LogP contribution in [0.5, 0.6) is 0 Å². The Bertz CT molecular complexity index is 1330. The molecule has 220 valence electrons. The first-order chi connectivity index (χ1) is 19.7. The van der Waals surface area contributed by atoms with Gasteiger partial charge >= 0.3 is 0 Å². The lowest BCUT2D eigenvalue weighted by Gasteiger charge is -2.32. The molecule has 0 bridgehead atoms. The number of likely N-dealkylation sites (tertiary alicyclic amines) is 1. The molecule has 0 saturated carbocycles. The molecule has 0 spiro atoms. The van der Waals surface area contributed by atoms with E-state index in [2.05, 4.69) is 16.9 Å². The molecule has 0 radical (unpaired) electrons. The first-order valence-corrected chi connectivity index (χ1v) is 14.8. The fourth-order valence-corrected chi connectivity index (χ4v) is 5.75. The van der Waals surface area contributed by atoms with Gasteiger partial charge in [-0.05, 0) is 67.8 Å². The van der Waals surface area contributed by atoms with Gasteiger partial charge in [-0.15, -0.1) is 0 Å². The number of carbonyl (C=O) groups excluding carboxylic acids is 3. The molecule has 41 heavy (non-hydrogen) atoms. The largest absolute Gasteiger partial charge is 0.398 e. The third-order valence-electron chi connectivity index (χ3n) is 8.22. The molecule has 9 nitrogen and oxygen atoms in total. The lowest BCUT2D eigenvalue weighted by molar-refractivity contribution is -0.132. The van der Waals surface area contributed by atoms with Crippen molar-refractivity contribution >= 4 is 29.1 Å². The summed E-state index contributed by atoms with van der Waals surface area (Å²) in [6.07, 6.45) is 2.49. The van der Waals surface area contributed by atoms with Crippen molar-refractivity contribution in [2.75, 3.05) is 59.1 Å². The number of hydrogen-bond acceptors (Lipinski definition) is 6. The van der Waals surface area contributed by atoms with Gasteiger partial charge in [0, 0.05) is 76.1 Å². The van der Waals surface area contributed by atoms with E-state index in [1.54, 1.807) is 11.9 Å². The van der Waals surface area contributed by atoms with Crippen LogP contribution in [0.15, 0.2) is 35.3 Å². The minimum Gasteiger partial charge on any atom is -0.398 e. The van der Waals surface area contributed by atoms with Gasteiger partial charge in [0.15, 0.2) is 0 Å². The Morgan fingerprint density at radius 2 is 1.59 bits per heavy atom. The number of piperazine rings is 1. The molecule has 2 saturated heterocycles. The van der Waals surface area contributed by atoms with Crippen LogP contribution >= 0.6 is 0 Å². The van der Waals surface area contributed by atoms with Gasteiger partial charge in [-0.2, -0.15) is 0 Å². The van der Waals surface area contributed by atoms with E-state index in [1.165, 1.54) is 0 Å². The number of nitrogens with zero attached hydrogens (tertiary/aromatic N) is 5. The standard InChI is InChI=1S/C30H38N6O3.C2H6/c1-20-14-26(31)25(16-24(20)27(32-2)19-35-9-5-4-6-28(35)37)30(39)36-17-22-8-7-21(15-23(22)18-36)29(38)34-12-10-33(3)11-13-34;1-2/h7-8,14-16H,4-6,9-13,17-19,31H2,1-3H3;1-2H3. The summed E-state index contributed by atoms with van der Waals surface area (Å²) in [5.74, 6) is 0.0372. The minimum atomic E-state index is -0.151. The van der Waals surface area contributed by atoms with Crippen LogP contribution in [-0.4, -0.2) is 96.4 Å². The quantitative estimate of drug-likeness (QED) is 0.445. The van der Waals surface area contributed by atoms with E-state index in [0.717, 1.165) is 73.5 Å². The first kappa shape index (κ1) is 30.2. The molecule has 3 amide bonds. The predicted octanol–water partition coefficient (Wildman–Crippen LogP) is 3.58. The summed E-state index contributed by atoms with van der Waals surface area (Å²) < 4.78 is 0. The lowest BCUT2D eigenvalue weighted by Crippen LogP contribution is -2.47. The summed E-state index contributed by atoms with van der Waals surface area (Å²) in [4.78, 5) is 51.4. The van der Waals surface area contributed by atoms with Gasteiger partial charge in [-0.25, -0.2) is 0 Å². The number of amides is 3. The minimum absolute atomic E-state index is 0.0432. The van der Waals surface area contributed by atoms with Crippen molar-refractivity contribution in [2.45, 2.75) is 53.1 Å². The number of hydrogen-bond donors (Lipinski definition) is 1. The van der Waals surface area contributed by atoms with Crippen molar-refractivity contribution < 1.29 is 14.4 Å². The maximum atomic E-state index is 13.7. The molecule has 2 aromatic carbocycles. The van der Waals surface area contributed by atoms with Crippen molar-refractivity contribution in [3.63, 3.8) is 0 Å². The van der Waals surface area contributed by atoms with Crippen molar-refractivity contribution in [3.05, 3.63) is 63.7 Å². The second-order valence-electron chi connectivity index (χ2n) is 10.9. The second kappa shape index (κ2) is 13.3. The van der Waals surface area contributed by atoms with Crippen LogP contribution < -0.4 is 5.73 Å². The summed E-state index contributed by atoms with van der Waals surface area (Å²) in [5.41, 5.74) is 12.5. The van der Waals surface area contributed by atoms with Crippen molar-refractivity contribution in [3.8, 4) is 0 Å². The number of piperidine rings is 1. The predicted molar refractivity (Wildman–Crippen MR) is 163 cm³/mol. The number of aryl methyl sites for hydroxylation is 1. The molecular formula is C32H44N6O3. The summed E-state index contributed by atoms with van der Waals surface area (Å²) in [5, 5.41) is 0. The number of likely N-dealkylation sites (N-methyl/N-ethyl adjacent to an activating group) is 1. The molecule has 0 aromatic heterocycles. The van der Waals surface area contributed by atoms with E-state index >= 15 is 0 Å². The number of aliphatic imine (C=N–C) groups is 1. The Labute approximate surface area is 244 Å². The lowest BCUT2D eigenvalue weighted by atomic mass is 9.97. The molecule has 3 aliphatic rings. The molecule has 5 rings (SSSR count). The maximum Gasteiger partial charge on any atom is 0.256 e. The summed E-state index contributed by atoms with van der Waals surface area (Å²) in [6.45, 7) is 11.2. The molecule has 2 aromatic rings. The Morgan fingerprint density at radius 1 is 0.878 bits per heavy atom. The molecule has 3 aliphatic heterocycles. The zero-order valence-corrected chi connectivity index (χ0v) is 25.2. The monoisotopic (exact) mass is 560 g/mol. The molecular weight excluding hydrogens is 516 g/mol. The van der Waals surface area contributed by atoms with E-state index in [4.69, 9.17) is 5.73 Å². The normalized spacial score (nSPS) is 17.7. The van der Waals surface area contributed by atoms with Crippen LogP contribution in [0, 0.1) is 6.92 Å². The Balaban J connectivity index is 0.00000189. The number of nitrogen functional groups attached to an aromatic ring is 1. The summed E-state index contributed by atoms with van der Waals surface area (Å²) in [6, 6.07) is 9.42. The average molecular weight is 561 g/mol. The highest BCUT2D eigenvalue weighted by molar-refractivity contribution is 6.08. The van der Waals surface area contributed by atoms with Gasteiger partial charge in [0.2, 0.25) is 5.91 Å². The SMILES string of the molecule is CC.CN=C(CN1CCCCC1=O)c1cc(C(=O)N2Cc3ccc(C(=O)N4CCN(C)CC4)cc3C2)c(N)cc1C. The van der Waals surface area contributed by atoms with Crippen LogP contribution in [0.2, 0.25) is 0 Å². The molecule has 2 N–H and O–H groups in total. The highest BCUT2D eigenvalue weighted by Gasteiger charge is 2.29. The fourth-order valence-electron chi connectivity index (χ4n) is 5.75. The number of carbonyl (C=O) groups is 3. The van der Waals surface area contributed by atoms with Crippen LogP contribution in [0.1, 0.15) is 76.1 Å². The van der Waals surface area contributed by atoms with Crippen molar-refractivity contribution in [1.29, 1.82) is 0 Å². The number of fused-ring (bicyclic) bond motifs is 1. The molecule has 0 aliphatic carbocycles. The summed E-state index contributed by atoms with van der Waals surface area (Å²) in [7, 11) is 3.79. The van der Waals surface area contributed by atoms with E-state index in [9.17, 15) is 14.4 Å². The zero-order chi connectivity index (χ0) is 29.7. The summed E-state index contributed by atoms with van der Waals surface area (Å²) >= 11 is 0. The third-order valence-corrected chi connectivity index (χ3v) is 8.22. The molecule has 9 heteroatoms. The fraction of sp³-hybridized carbons (Fsp3) is 0.500. The average Bonchev–Trinajstić information content (AvgIpc) is 3.41.